The van der Waals surface area contributed by atoms with Gasteiger partial charge in [0.05, 0.1) is 5.02 Å². The summed E-state index contributed by atoms with van der Waals surface area (Å²) in [7, 11) is -3.42. The molecular formula is C8H10Cl2N2O2S2. The molecule has 1 aromatic rings. The molecule has 0 spiro atoms. The molecule has 90 valence electrons. The standard InChI is InChI=1S/C8H10Cl2N2O2S2/c9-6-5-7(15-8(6)10)16(13,14)12-3-1-11-2-4-12/h5,11H,1-4H2. The van der Waals surface area contributed by atoms with Crippen molar-refractivity contribution in [3.05, 3.63) is 15.4 Å². The van der Waals surface area contributed by atoms with Gasteiger partial charge in [-0.2, -0.15) is 4.31 Å². The highest BCUT2D eigenvalue weighted by Crippen LogP contribution is 2.35. The lowest BCUT2D eigenvalue weighted by atomic mass is 10.4. The van der Waals surface area contributed by atoms with Crippen LogP contribution in [0.2, 0.25) is 9.36 Å². The van der Waals surface area contributed by atoms with E-state index in [9.17, 15) is 8.42 Å². The first-order valence-electron chi connectivity index (χ1n) is 4.67. The topological polar surface area (TPSA) is 49.4 Å². The third kappa shape index (κ3) is 2.37. The Morgan fingerprint density at radius 2 is 1.94 bits per heavy atom. The van der Waals surface area contributed by atoms with Crippen LogP contribution in [0.25, 0.3) is 0 Å². The minimum atomic E-state index is -3.42. The largest absolute Gasteiger partial charge is 0.314 e. The van der Waals surface area contributed by atoms with Crippen molar-refractivity contribution in [2.24, 2.45) is 0 Å². The van der Waals surface area contributed by atoms with E-state index in [-0.39, 0.29) is 4.21 Å². The van der Waals surface area contributed by atoms with Gasteiger partial charge in [-0.25, -0.2) is 8.42 Å². The Kier molecular flexibility index (Phi) is 3.78. The molecule has 2 heterocycles. The van der Waals surface area contributed by atoms with Gasteiger partial charge in [-0.15, -0.1) is 11.3 Å². The predicted molar refractivity (Wildman–Crippen MR) is 66.0 cm³/mol. The van der Waals surface area contributed by atoms with Gasteiger partial charge in [-0.1, -0.05) is 23.2 Å². The summed E-state index contributed by atoms with van der Waals surface area (Å²) in [5.74, 6) is 0. The second kappa shape index (κ2) is 4.80. The average molecular weight is 301 g/mol. The van der Waals surface area contributed by atoms with Crippen molar-refractivity contribution >= 4 is 44.6 Å². The summed E-state index contributed by atoms with van der Waals surface area (Å²) >= 11 is 12.5. The lowest BCUT2D eigenvalue weighted by Crippen LogP contribution is -2.46. The normalized spacial score (nSPS) is 18.9. The molecule has 1 saturated heterocycles. The van der Waals surface area contributed by atoms with E-state index in [2.05, 4.69) is 5.32 Å². The molecule has 0 amide bonds. The number of rotatable bonds is 2. The maximum absolute atomic E-state index is 12.1. The molecule has 0 saturated carbocycles. The van der Waals surface area contributed by atoms with E-state index in [1.807, 2.05) is 0 Å². The van der Waals surface area contributed by atoms with Gasteiger partial charge in [-0.05, 0) is 6.07 Å². The summed E-state index contributed by atoms with van der Waals surface area (Å²) in [4.78, 5) is 0. The van der Waals surface area contributed by atoms with Crippen LogP contribution in [-0.4, -0.2) is 38.9 Å². The third-order valence-corrected chi connectivity index (χ3v) is 6.51. The number of sulfonamides is 1. The molecule has 8 heteroatoms. The highest BCUT2D eigenvalue weighted by molar-refractivity contribution is 7.91. The average Bonchev–Trinajstić information content (AvgIpc) is 2.61. The summed E-state index contributed by atoms with van der Waals surface area (Å²) < 4.78 is 26.3. The van der Waals surface area contributed by atoms with Gasteiger partial charge in [0, 0.05) is 26.2 Å². The lowest BCUT2D eigenvalue weighted by Gasteiger charge is -2.25. The van der Waals surface area contributed by atoms with E-state index >= 15 is 0 Å². The van der Waals surface area contributed by atoms with Crippen LogP contribution < -0.4 is 5.32 Å². The number of nitrogens with one attached hydrogen (secondary N) is 1. The number of hydrogen-bond donors (Lipinski definition) is 1. The van der Waals surface area contributed by atoms with Crippen molar-refractivity contribution < 1.29 is 8.42 Å². The van der Waals surface area contributed by atoms with Crippen LogP contribution in [-0.2, 0) is 10.0 Å². The monoisotopic (exact) mass is 300 g/mol. The summed E-state index contributed by atoms with van der Waals surface area (Å²) in [5, 5.41) is 3.39. The fraction of sp³-hybridized carbons (Fsp3) is 0.500. The summed E-state index contributed by atoms with van der Waals surface area (Å²) in [6, 6.07) is 1.41. The minimum absolute atomic E-state index is 0.212. The first-order valence-corrected chi connectivity index (χ1v) is 7.69. The fourth-order valence-corrected chi connectivity index (χ4v) is 4.94. The molecule has 1 aliphatic rings. The zero-order valence-corrected chi connectivity index (χ0v) is 11.4. The lowest BCUT2D eigenvalue weighted by molar-refractivity contribution is 0.361. The quantitative estimate of drug-likeness (QED) is 0.903. The number of piperazine rings is 1. The maximum atomic E-state index is 12.1. The van der Waals surface area contributed by atoms with Crippen molar-refractivity contribution in [1.29, 1.82) is 0 Å². The van der Waals surface area contributed by atoms with Crippen molar-refractivity contribution in [2.45, 2.75) is 4.21 Å². The second-order valence-corrected chi connectivity index (χ2v) is 7.57. The summed E-state index contributed by atoms with van der Waals surface area (Å²) in [6.07, 6.45) is 0. The van der Waals surface area contributed by atoms with E-state index in [0.29, 0.717) is 35.5 Å². The molecule has 2 rings (SSSR count). The molecule has 0 aliphatic carbocycles. The van der Waals surface area contributed by atoms with Gasteiger partial charge in [0.15, 0.2) is 0 Å². The zero-order chi connectivity index (χ0) is 11.8. The Morgan fingerprint density at radius 1 is 1.31 bits per heavy atom. The maximum Gasteiger partial charge on any atom is 0.252 e. The van der Waals surface area contributed by atoms with Crippen molar-refractivity contribution in [2.75, 3.05) is 26.2 Å². The molecule has 0 aromatic carbocycles. The molecule has 4 nitrogen and oxygen atoms in total. The van der Waals surface area contributed by atoms with Crippen molar-refractivity contribution in [3.63, 3.8) is 0 Å². The van der Waals surface area contributed by atoms with Crippen LogP contribution in [0.1, 0.15) is 0 Å². The van der Waals surface area contributed by atoms with Gasteiger partial charge in [0.25, 0.3) is 10.0 Å². The Balaban J connectivity index is 2.30. The van der Waals surface area contributed by atoms with Gasteiger partial charge < -0.3 is 5.32 Å². The van der Waals surface area contributed by atoms with Gasteiger partial charge in [0.1, 0.15) is 8.55 Å². The summed E-state index contributed by atoms with van der Waals surface area (Å²) in [6.45, 7) is 2.31. The molecule has 0 atom stereocenters. The van der Waals surface area contributed by atoms with E-state index in [0.717, 1.165) is 11.3 Å². The summed E-state index contributed by atoms with van der Waals surface area (Å²) in [5.41, 5.74) is 0. The molecule has 0 unspecified atom stereocenters. The molecule has 1 fully saturated rings. The smallest absolute Gasteiger partial charge is 0.252 e. The van der Waals surface area contributed by atoms with Crippen molar-refractivity contribution in [1.82, 2.24) is 9.62 Å². The molecule has 1 aliphatic heterocycles. The number of thiophene rings is 1. The molecule has 0 radical (unpaired) electrons. The van der Waals surface area contributed by atoms with Crippen LogP contribution in [0.3, 0.4) is 0 Å². The third-order valence-electron chi connectivity index (χ3n) is 2.29. The fourth-order valence-electron chi connectivity index (χ4n) is 1.47. The predicted octanol–water partition coefficient (Wildman–Crippen LogP) is 1.65. The van der Waals surface area contributed by atoms with Crippen LogP contribution in [0.15, 0.2) is 10.3 Å². The number of halogens is 2. The van der Waals surface area contributed by atoms with Crippen LogP contribution in [0.5, 0.6) is 0 Å². The van der Waals surface area contributed by atoms with E-state index in [1.54, 1.807) is 0 Å². The van der Waals surface area contributed by atoms with Gasteiger partial charge in [0.2, 0.25) is 0 Å². The van der Waals surface area contributed by atoms with E-state index in [4.69, 9.17) is 23.2 Å². The van der Waals surface area contributed by atoms with E-state index in [1.165, 1.54) is 10.4 Å². The SMILES string of the molecule is O=S(=O)(c1cc(Cl)c(Cl)s1)N1CCNCC1. The number of hydrogen-bond acceptors (Lipinski definition) is 4. The van der Waals surface area contributed by atoms with Gasteiger partial charge in [-0.3, -0.25) is 0 Å². The zero-order valence-electron chi connectivity index (χ0n) is 8.24. The molecular weight excluding hydrogens is 291 g/mol. The highest BCUT2D eigenvalue weighted by atomic mass is 35.5. The Hall–Kier alpha value is 0.150. The molecule has 16 heavy (non-hydrogen) atoms. The first kappa shape index (κ1) is 12.6. The number of nitrogens with zero attached hydrogens (tertiary/aromatic N) is 1. The van der Waals surface area contributed by atoms with Crippen LogP contribution in [0.4, 0.5) is 0 Å². The van der Waals surface area contributed by atoms with Gasteiger partial charge >= 0.3 is 0 Å². The first-order chi connectivity index (χ1) is 7.51. The highest BCUT2D eigenvalue weighted by Gasteiger charge is 2.28. The van der Waals surface area contributed by atoms with Crippen molar-refractivity contribution in [3.8, 4) is 0 Å². The molecule has 1 aromatic heterocycles. The van der Waals surface area contributed by atoms with Crippen LogP contribution in [0, 0.1) is 0 Å². The Labute approximate surface area is 108 Å². The Morgan fingerprint density at radius 3 is 2.44 bits per heavy atom. The van der Waals surface area contributed by atoms with Crippen LogP contribution >= 0.6 is 34.5 Å². The second-order valence-electron chi connectivity index (χ2n) is 3.34. The minimum Gasteiger partial charge on any atom is -0.314 e. The Bertz CT molecular complexity index is 461. The van der Waals surface area contributed by atoms with E-state index < -0.39 is 10.0 Å². The molecule has 0 bridgehead atoms. The molecule has 1 N–H and O–H groups in total.